The molecule has 1 aliphatic carbocycles. The molecule has 0 atom stereocenters. The first-order valence-corrected chi connectivity index (χ1v) is 9.67. The van der Waals surface area contributed by atoms with Gasteiger partial charge in [-0.3, -0.25) is 4.79 Å². The molecule has 122 valence electrons. The monoisotopic (exact) mass is 444 g/mol. The number of hydrogen-bond donors (Lipinski definition) is 0. The van der Waals surface area contributed by atoms with E-state index in [9.17, 15) is 4.79 Å². The average molecular weight is 446 g/mol. The van der Waals surface area contributed by atoms with Gasteiger partial charge in [0.15, 0.2) is 5.78 Å². The SMILES string of the molecule is O=C1C(=Cc2cccc(Br)c2)CCCCC1=Cc1cccc(Br)c1. The van der Waals surface area contributed by atoms with E-state index in [1.165, 1.54) is 0 Å². The van der Waals surface area contributed by atoms with Crippen LogP contribution in [0.1, 0.15) is 36.8 Å². The minimum atomic E-state index is 0.187. The molecule has 2 aromatic carbocycles. The molecule has 1 nitrogen and oxygen atoms in total. The van der Waals surface area contributed by atoms with Crippen LogP contribution in [0.5, 0.6) is 0 Å². The highest BCUT2D eigenvalue weighted by molar-refractivity contribution is 9.10. The summed E-state index contributed by atoms with van der Waals surface area (Å²) in [5.41, 5.74) is 3.95. The molecule has 0 bridgehead atoms. The second-order valence-electron chi connectivity index (χ2n) is 5.99. The number of hydrogen-bond acceptors (Lipinski definition) is 1. The van der Waals surface area contributed by atoms with E-state index in [1.807, 2.05) is 60.7 Å². The third-order valence-electron chi connectivity index (χ3n) is 4.10. The zero-order valence-electron chi connectivity index (χ0n) is 13.3. The summed E-state index contributed by atoms with van der Waals surface area (Å²) in [4.78, 5) is 13.0. The third kappa shape index (κ3) is 4.55. The number of halogens is 2. The molecule has 3 heteroatoms. The molecule has 1 saturated carbocycles. The van der Waals surface area contributed by atoms with Crippen LogP contribution >= 0.6 is 31.9 Å². The number of carbonyl (C=O) groups is 1. The van der Waals surface area contributed by atoms with Crippen molar-refractivity contribution in [2.45, 2.75) is 25.7 Å². The first kappa shape index (κ1) is 17.4. The van der Waals surface area contributed by atoms with Gasteiger partial charge < -0.3 is 0 Å². The quantitative estimate of drug-likeness (QED) is 0.366. The Hall–Kier alpha value is -1.45. The van der Waals surface area contributed by atoms with Gasteiger partial charge in [0.2, 0.25) is 0 Å². The highest BCUT2D eigenvalue weighted by Gasteiger charge is 2.18. The maximum absolute atomic E-state index is 13.0. The molecule has 0 amide bonds. The summed E-state index contributed by atoms with van der Waals surface area (Å²) < 4.78 is 2.06. The van der Waals surface area contributed by atoms with Gasteiger partial charge >= 0.3 is 0 Å². The zero-order chi connectivity index (χ0) is 16.9. The van der Waals surface area contributed by atoms with Crippen LogP contribution in [0, 0.1) is 0 Å². The predicted molar refractivity (Wildman–Crippen MR) is 108 cm³/mol. The maximum Gasteiger partial charge on any atom is 0.185 e. The van der Waals surface area contributed by atoms with Crippen LogP contribution < -0.4 is 0 Å². The Kier molecular flexibility index (Phi) is 5.85. The second-order valence-corrected chi connectivity index (χ2v) is 7.82. The van der Waals surface area contributed by atoms with Gasteiger partial charge in [0, 0.05) is 20.1 Å². The number of Topliss-reactive ketones (excluding diaryl/α,β-unsaturated/α-hetero) is 1. The highest BCUT2D eigenvalue weighted by atomic mass is 79.9. The maximum atomic E-state index is 13.0. The molecule has 0 radical (unpaired) electrons. The molecule has 0 spiro atoms. The lowest BCUT2D eigenvalue weighted by Gasteiger charge is -2.06. The molecule has 0 heterocycles. The van der Waals surface area contributed by atoms with Gasteiger partial charge in [-0.05, 0) is 73.2 Å². The van der Waals surface area contributed by atoms with Crippen molar-refractivity contribution < 1.29 is 4.79 Å². The van der Waals surface area contributed by atoms with Crippen LogP contribution in [0.3, 0.4) is 0 Å². The van der Waals surface area contributed by atoms with Crippen LogP contribution in [0.15, 0.2) is 68.6 Å². The number of benzene rings is 2. The molecule has 0 saturated heterocycles. The summed E-state index contributed by atoms with van der Waals surface area (Å²) in [5, 5.41) is 0. The van der Waals surface area contributed by atoms with E-state index in [0.717, 1.165) is 56.9 Å². The number of allylic oxidation sites excluding steroid dienone is 2. The smallest absolute Gasteiger partial charge is 0.185 e. The third-order valence-corrected chi connectivity index (χ3v) is 5.09. The van der Waals surface area contributed by atoms with E-state index in [-0.39, 0.29) is 5.78 Å². The molecule has 2 aromatic rings. The van der Waals surface area contributed by atoms with Crippen LogP contribution in [0.4, 0.5) is 0 Å². The molecule has 0 aromatic heterocycles. The van der Waals surface area contributed by atoms with Gasteiger partial charge in [-0.25, -0.2) is 0 Å². The Morgan fingerprint density at radius 2 is 1.21 bits per heavy atom. The summed E-state index contributed by atoms with van der Waals surface area (Å²) in [5.74, 6) is 0.187. The molecule has 0 unspecified atom stereocenters. The standard InChI is InChI=1S/C21H18Br2O/c22-19-9-3-5-15(13-19)11-17-7-1-2-8-18(21(17)24)12-16-6-4-10-20(23)14-16/h3-6,9-14H,1-2,7-8H2. The Balaban J connectivity index is 1.93. The van der Waals surface area contributed by atoms with Gasteiger partial charge in [-0.15, -0.1) is 0 Å². The van der Waals surface area contributed by atoms with Crippen molar-refractivity contribution in [3.05, 3.63) is 79.7 Å². The first-order valence-electron chi connectivity index (χ1n) is 8.09. The summed E-state index contributed by atoms with van der Waals surface area (Å²) in [6.07, 6.45) is 7.88. The van der Waals surface area contributed by atoms with E-state index >= 15 is 0 Å². The van der Waals surface area contributed by atoms with Crippen molar-refractivity contribution in [3.63, 3.8) is 0 Å². The largest absolute Gasteiger partial charge is 0.289 e. The lowest BCUT2D eigenvalue weighted by atomic mass is 9.98. The van der Waals surface area contributed by atoms with Crippen molar-refractivity contribution in [1.29, 1.82) is 0 Å². The fourth-order valence-corrected chi connectivity index (χ4v) is 3.77. The van der Waals surface area contributed by atoms with Gasteiger partial charge in [-0.1, -0.05) is 56.1 Å². The van der Waals surface area contributed by atoms with Crippen molar-refractivity contribution >= 4 is 49.8 Å². The van der Waals surface area contributed by atoms with Gasteiger partial charge in [-0.2, -0.15) is 0 Å². The average Bonchev–Trinajstić information content (AvgIpc) is 2.71. The summed E-state index contributed by atoms with van der Waals surface area (Å²) in [7, 11) is 0. The van der Waals surface area contributed by atoms with Crippen LogP contribution in [0.2, 0.25) is 0 Å². The van der Waals surface area contributed by atoms with Gasteiger partial charge in [0.25, 0.3) is 0 Å². The molecular weight excluding hydrogens is 428 g/mol. The summed E-state index contributed by atoms with van der Waals surface area (Å²) in [6, 6.07) is 16.1. The number of ketones is 1. The van der Waals surface area contributed by atoms with E-state index in [4.69, 9.17) is 0 Å². The number of carbonyl (C=O) groups excluding carboxylic acids is 1. The van der Waals surface area contributed by atoms with E-state index in [1.54, 1.807) is 0 Å². The van der Waals surface area contributed by atoms with E-state index in [2.05, 4.69) is 31.9 Å². The summed E-state index contributed by atoms with van der Waals surface area (Å²) in [6.45, 7) is 0. The number of rotatable bonds is 2. The molecular formula is C21H18Br2O. The molecule has 0 aliphatic heterocycles. The topological polar surface area (TPSA) is 17.1 Å². The lowest BCUT2D eigenvalue weighted by molar-refractivity contribution is -0.112. The van der Waals surface area contributed by atoms with Crippen LogP contribution in [-0.2, 0) is 4.79 Å². The molecule has 1 aliphatic rings. The minimum Gasteiger partial charge on any atom is -0.289 e. The Labute approximate surface area is 159 Å². The zero-order valence-corrected chi connectivity index (χ0v) is 16.4. The highest BCUT2D eigenvalue weighted by Crippen LogP contribution is 2.28. The first-order chi connectivity index (χ1) is 11.6. The normalized spacial score (nSPS) is 18.8. The Morgan fingerprint density at radius 1 is 0.750 bits per heavy atom. The second kappa shape index (κ2) is 8.09. The predicted octanol–water partition coefficient (Wildman–Crippen LogP) is 6.82. The summed E-state index contributed by atoms with van der Waals surface area (Å²) >= 11 is 6.98. The van der Waals surface area contributed by atoms with Crippen molar-refractivity contribution in [1.82, 2.24) is 0 Å². The van der Waals surface area contributed by atoms with Crippen molar-refractivity contribution in [2.24, 2.45) is 0 Å². The fraction of sp³-hybridized carbons (Fsp3) is 0.190. The molecule has 1 fully saturated rings. The lowest BCUT2D eigenvalue weighted by Crippen LogP contribution is -2.03. The van der Waals surface area contributed by atoms with E-state index < -0.39 is 0 Å². The molecule has 24 heavy (non-hydrogen) atoms. The van der Waals surface area contributed by atoms with Gasteiger partial charge in [0.05, 0.1) is 0 Å². The van der Waals surface area contributed by atoms with Crippen LogP contribution in [0.25, 0.3) is 12.2 Å². The van der Waals surface area contributed by atoms with E-state index in [0.29, 0.717) is 0 Å². The van der Waals surface area contributed by atoms with Crippen molar-refractivity contribution in [2.75, 3.05) is 0 Å². The Bertz CT molecular complexity index is 751. The fourth-order valence-electron chi connectivity index (χ4n) is 2.93. The molecule has 3 rings (SSSR count). The van der Waals surface area contributed by atoms with Gasteiger partial charge in [0.1, 0.15) is 0 Å². The minimum absolute atomic E-state index is 0.187. The Morgan fingerprint density at radius 3 is 1.62 bits per heavy atom. The molecule has 0 N–H and O–H groups in total. The van der Waals surface area contributed by atoms with Crippen LogP contribution in [-0.4, -0.2) is 5.78 Å². The van der Waals surface area contributed by atoms with Crippen molar-refractivity contribution in [3.8, 4) is 0 Å².